The molecule has 0 fully saturated rings. The van der Waals surface area contributed by atoms with Gasteiger partial charge < -0.3 is 14.8 Å². The van der Waals surface area contributed by atoms with Gasteiger partial charge in [-0.25, -0.2) is 9.78 Å². The zero-order chi connectivity index (χ0) is 17.5. The second-order valence-corrected chi connectivity index (χ2v) is 6.16. The quantitative estimate of drug-likeness (QED) is 0.703. The average molecular weight is 393 g/mol. The molecule has 1 aromatic heterocycles. The summed E-state index contributed by atoms with van der Waals surface area (Å²) in [6, 6.07) is 9.22. The van der Waals surface area contributed by atoms with Gasteiger partial charge in [0.15, 0.2) is 0 Å². The number of benzene rings is 1. The number of ether oxygens (including phenoxy) is 2. The summed E-state index contributed by atoms with van der Waals surface area (Å²) in [6.45, 7) is 4.18. The minimum atomic E-state index is -0.422. The molecule has 0 amide bonds. The van der Waals surface area contributed by atoms with E-state index in [-0.39, 0.29) is 12.7 Å². The number of hydrogen-bond acceptors (Lipinski definition) is 5. The number of rotatable bonds is 7. The molecule has 0 radical (unpaired) electrons. The van der Waals surface area contributed by atoms with Crippen LogP contribution in [0.1, 0.15) is 29.3 Å². The highest BCUT2D eigenvalue weighted by Gasteiger charge is 2.16. The lowest BCUT2D eigenvalue weighted by Crippen LogP contribution is -2.20. The van der Waals surface area contributed by atoms with Gasteiger partial charge in [-0.3, -0.25) is 0 Å². The summed E-state index contributed by atoms with van der Waals surface area (Å²) >= 11 is 3.50. The summed E-state index contributed by atoms with van der Waals surface area (Å²) in [5.41, 5.74) is 2.30. The van der Waals surface area contributed by atoms with Gasteiger partial charge in [-0.2, -0.15) is 0 Å². The number of hydrogen-bond donors (Lipinski definition) is 1. The number of carbonyl (C=O) groups is 1. The first-order valence-electron chi connectivity index (χ1n) is 7.73. The Bertz CT molecular complexity index is 702. The lowest BCUT2D eigenvalue weighted by Gasteiger charge is -2.15. The molecular weight excluding hydrogens is 372 g/mol. The number of carbonyl (C=O) groups excluding carboxylic acids is 1. The van der Waals surface area contributed by atoms with Gasteiger partial charge in [-0.15, -0.1) is 0 Å². The summed E-state index contributed by atoms with van der Waals surface area (Å²) < 4.78 is 11.6. The average Bonchev–Trinajstić information content (AvgIpc) is 2.60. The third-order valence-electron chi connectivity index (χ3n) is 3.74. The van der Waals surface area contributed by atoms with Crippen molar-refractivity contribution in [1.29, 1.82) is 0 Å². The van der Waals surface area contributed by atoms with Gasteiger partial charge in [0.2, 0.25) is 0 Å². The molecule has 0 aliphatic carbocycles. The molecule has 0 saturated carbocycles. The van der Waals surface area contributed by atoms with Crippen LogP contribution in [0.3, 0.4) is 0 Å². The van der Waals surface area contributed by atoms with E-state index in [0.717, 1.165) is 22.1 Å². The molecule has 1 atom stereocenters. The smallest absolute Gasteiger partial charge is 0.342 e. The van der Waals surface area contributed by atoms with E-state index in [0.29, 0.717) is 11.4 Å². The van der Waals surface area contributed by atoms with Crippen LogP contribution >= 0.6 is 15.9 Å². The van der Waals surface area contributed by atoms with E-state index in [9.17, 15) is 4.79 Å². The van der Waals surface area contributed by atoms with E-state index in [1.165, 1.54) is 0 Å². The zero-order valence-corrected chi connectivity index (χ0v) is 15.6. The summed E-state index contributed by atoms with van der Waals surface area (Å²) in [5, 5.41) is 3.20. The fourth-order valence-corrected chi connectivity index (χ4v) is 2.51. The first kappa shape index (κ1) is 18.4. The van der Waals surface area contributed by atoms with E-state index in [2.05, 4.69) is 26.2 Å². The topological polar surface area (TPSA) is 60.5 Å². The fraction of sp³-hybridized carbons (Fsp3) is 0.333. The van der Waals surface area contributed by atoms with Crippen LogP contribution in [0, 0.1) is 6.92 Å². The Balaban J connectivity index is 2.18. The summed E-state index contributed by atoms with van der Waals surface area (Å²) in [4.78, 5) is 16.7. The van der Waals surface area contributed by atoms with Crippen molar-refractivity contribution < 1.29 is 14.3 Å². The number of methoxy groups -OCH3 is 1. The van der Waals surface area contributed by atoms with Crippen LogP contribution in [0.4, 0.5) is 11.5 Å². The molecule has 0 spiro atoms. The second-order valence-electron chi connectivity index (χ2n) is 5.30. The van der Waals surface area contributed by atoms with Crippen LogP contribution in [0.2, 0.25) is 0 Å². The molecule has 1 heterocycles. The molecule has 6 heteroatoms. The lowest BCUT2D eigenvalue weighted by molar-refractivity contribution is 0.00978. The van der Waals surface area contributed by atoms with E-state index in [1.54, 1.807) is 25.4 Å². The molecule has 128 valence electrons. The van der Waals surface area contributed by atoms with Gasteiger partial charge in [0, 0.05) is 23.5 Å². The number of pyridine rings is 1. The van der Waals surface area contributed by atoms with Gasteiger partial charge in [0.1, 0.15) is 18.0 Å². The molecule has 5 nitrogen and oxygen atoms in total. The Morgan fingerprint density at radius 3 is 2.83 bits per heavy atom. The highest BCUT2D eigenvalue weighted by atomic mass is 79.9. The van der Waals surface area contributed by atoms with Crippen molar-refractivity contribution >= 4 is 33.4 Å². The van der Waals surface area contributed by atoms with Crippen molar-refractivity contribution in [1.82, 2.24) is 4.98 Å². The predicted molar refractivity (Wildman–Crippen MR) is 97.8 cm³/mol. The molecule has 0 saturated heterocycles. The molecule has 24 heavy (non-hydrogen) atoms. The van der Waals surface area contributed by atoms with Crippen molar-refractivity contribution in [2.24, 2.45) is 0 Å². The monoisotopic (exact) mass is 392 g/mol. The Labute approximate surface area is 150 Å². The van der Waals surface area contributed by atoms with Crippen molar-refractivity contribution in [3.8, 4) is 0 Å². The minimum Gasteiger partial charge on any atom is -0.459 e. The van der Waals surface area contributed by atoms with Crippen LogP contribution in [-0.4, -0.2) is 30.8 Å². The first-order chi connectivity index (χ1) is 11.6. The summed E-state index contributed by atoms with van der Waals surface area (Å²) in [7, 11) is 1.61. The third-order valence-corrected chi connectivity index (χ3v) is 4.60. The Kier molecular flexibility index (Phi) is 6.75. The number of nitrogens with zero attached hydrogens (tertiary/aromatic N) is 1. The molecule has 0 aliphatic rings. The molecule has 2 rings (SSSR count). The molecule has 1 N–H and O–H groups in total. The van der Waals surface area contributed by atoms with Crippen molar-refractivity contribution in [2.75, 3.05) is 19.0 Å². The molecule has 1 unspecified atom stereocenters. The SMILES string of the molecule is CCC(COC(=O)c1cccnc1Nc1cccc(Br)c1C)OC. The second kappa shape index (κ2) is 8.80. The van der Waals surface area contributed by atoms with E-state index >= 15 is 0 Å². The van der Waals surface area contributed by atoms with E-state index < -0.39 is 5.97 Å². The van der Waals surface area contributed by atoms with Gasteiger partial charge in [-0.05, 0) is 43.2 Å². The first-order valence-corrected chi connectivity index (χ1v) is 8.53. The Morgan fingerprint density at radius 2 is 2.12 bits per heavy atom. The summed E-state index contributed by atoms with van der Waals surface area (Å²) in [6.07, 6.45) is 2.31. The van der Waals surface area contributed by atoms with Gasteiger partial charge >= 0.3 is 5.97 Å². The van der Waals surface area contributed by atoms with Crippen LogP contribution in [0.15, 0.2) is 41.0 Å². The highest BCUT2D eigenvalue weighted by Crippen LogP contribution is 2.27. The predicted octanol–water partition coefficient (Wildman–Crippen LogP) is 4.48. The Hall–Kier alpha value is -1.92. The van der Waals surface area contributed by atoms with Crippen LogP contribution in [0.5, 0.6) is 0 Å². The van der Waals surface area contributed by atoms with Gasteiger partial charge in [0.25, 0.3) is 0 Å². The number of aromatic nitrogens is 1. The van der Waals surface area contributed by atoms with Gasteiger partial charge in [-0.1, -0.05) is 28.9 Å². The van der Waals surface area contributed by atoms with E-state index in [4.69, 9.17) is 9.47 Å². The van der Waals surface area contributed by atoms with Crippen LogP contribution < -0.4 is 5.32 Å². The van der Waals surface area contributed by atoms with E-state index in [1.807, 2.05) is 32.0 Å². The minimum absolute atomic E-state index is 0.102. The normalized spacial score (nSPS) is 11.8. The highest BCUT2D eigenvalue weighted by molar-refractivity contribution is 9.10. The lowest BCUT2D eigenvalue weighted by atomic mass is 10.2. The molecular formula is C18H21BrN2O3. The van der Waals surface area contributed by atoms with Crippen molar-refractivity contribution in [2.45, 2.75) is 26.4 Å². The zero-order valence-electron chi connectivity index (χ0n) is 14.0. The van der Waals surface area contributed by atoms with Crippen molar-refractivity contribution in [3.63, 3.8) is 0 Å². The molecule has 1 aromatic carbocycles. The fourth-order valence-electron chi connectivity index (χ4n) is 2.14. The Morgan fingerprint density at radius 1 is 1.33 bits per heavy atom. The summed E-state index contributed by atoms with van der Waals surface area (Å²) in [5.74, 6) is 0.0444. The van der Waals surface area contributed by atoms with Crippen molar-refractivity contribution in [3.05, 3.63) is 52.1 Å². The standard InChI is InChI=1S/C18H21BrN2O3/c1-4-13(23-3)11-24-18(22)14-7-6-10-20-17(14)21-16-9-5-8-15(19)12(16)2/h5-10,13H,4,11H2,1-3H3,(H,20,21). The third kappa shape index (κ3) is 4.55. The maximum absolute atomic E-state index is 12.4. The van der Waals surface area contributed by atoms with Crippen LogP contribution in [0.25, 0.3) is 0 Å². The largest absolute Gasteiger partial charge is 0.459 e. The number of anilines is 2. The molecule has 0 aliphatic heterocycles. The number of esters is 1. The maximum atomic E-state index is 12.4. The molecule has 0 bridgehead atoms. The number of nitrogens with one attached hydrogen (secondary N) is 1. The maximum Gasteiger partial charge on any atom is 0.342 e. The van der Waals surface area contributed by atoms with Crippen LogP contribution in [-0.2, 0) is 9.47 Å². The molecule has 2 aromatic rings. The number of halogens is 1. The van der Waals surface area contributed by atoms with Gasteiger partial charge in [0.05, 0.1) is 6.10 Å².